The van der Waals surface area contributed by atoms with Crippen molar-refractivity contribution in [3.05, 3.63) is 59.4 Å². The number of piperazine rings is 1. The quantitative estimate of drug-likeness (QED) is 0.707. The summed E-state index contributed by atoms with van der Waals surface area (Å²) < 4.78 is 18.9. The predicted molar refractivity (Wildman–Crippen MR) is 114 cm³/mol. The SMILES string of the molecule is COc1ccc(F)cc1CN1CCN([C@@H](C)C(=O)Nc2ccc(C(C)=O)cc2)CC1. The number of carbonyl (C=O) groups is 2. The average Bonchev–Trinajstić information content (AvgIpc) is 2.74. The van der Waals surface area contributed by atoms with Crippen LogP contribution in [-0.2, 0) is 11.3 Å². The molecule has 7 heteroatoms. The van der Waals surface area contributed by atoms with E-state index in [-0.39, 0.29) is 23.5 Å². The van der Waals surface area contributed by atoms with E-state index in [1.807, 2.05) is 6.92 Å². The van der Waals surface area contributed by atoms with Crippen LogP contribution >= 0.6 is 0 Å². The van der Waals surface area contributed by atoms with Gasteiger partial charge >= 0.3 is 0 Å². The Kier molecular flexibility index (Phi) is 7.18. The highest BCUT2D eigenvalue weighted by molar-refractivity contribution is 5.97. The number of benzene rings is 2. The van der Waals surface area contributed by atoms with E-state index in [1.165, 1.54) is 19.1 Å². The Hall–Kier alpha value is -2.77. The summed E-state index contributed by atoms with van der Waals surface area (Å²) in [5.74, 6) is 0.328. The molecule has 0 aromatic heterocycles. The van der Waals surface area contributed by atoms with Crippen LogP contribution in [-0.4, -0.2) is 60.8 Å². The highest BCUT2D eigenvalue weighted by atomic mass is 19.1. The van der Waals surface area contributed by atoms with Gasteiger partial charge in [-0.25, -0.2) is 4.39 Å². The van der Waals surface area contributed by atoms with E-state index >= 15 is 0 Å². The summed E-state index contributed by atoms with van der Waals surface area (Å²) in [5, 5.41) is 2.91. The fourth-order valence-electron chi connectivity index (χ4n) is 3.62. The molecule has 0 spiro atoms. The molecule has 0 bridgehead atoms. The monoisotopic (exact) mass is 413 g/mol. The van der Waals surface area contributed by atoms with Gasteiger partial charge in [-0.05, 0) is 56.3 Å². The molecule has 1 fully saturated rings. The minimum absolute atomic E-state index is 0.00465. The molecule has 1 aliphatic rings. The lowest BCUT2D eigenvalue weighted by Gasteiger charge is -2.37. The highest BCUT2D eigenvalue weighted by Crippen LogP contribution is 2.22. The van der Waals surface area contributed by atoms with Crippen LogP contribution in [0, 0.1) is 5.82 Å². The van der Waals surface area contributed by atoms with Crippen molar-refractivity contribution in [2.45, 2.75) is 26.4 Å². The lowest BCUT2D eigenvalue weighted by molar-refractivity contribution is -0.121. The largest absolute Gasteiger partial charge is 0.496 e. The van der Waals surface area contributed by atoms with E-state index in [2.05, 4.69) is 15.1 Å². The number of hydrogen-bond acceptors (Lipinski definition) is 5. The van der Waals surface area contributed by atoms with E-state index in [0.717, 1.165) is 31.7 Å². The molecule has 1 saturated heterocycles. The zero-order valence-electron chi connectivity index (χ0n) is 17.7. The van der Waals surface area contributed by atoms with Gasteiger partial charge in [-0.15, -0.1) is 0 Å². The Morgan fingerprint density at radius 1 is 1.10 bits per heavy atom. The third kappa shape index (κ3) is 5.43. The van der Waals surface area contributed by atoms with Gasteiger partial charge in [-0.1, -0.05) is 0 Å². The van der Waals surface area contributed by atoms with Crippen molar-refractivity contribution in [2.24, 2.45) is 0 Å². The number of methoxy groups -OCH3 is 1. The number of hydrogen-bond donors (Lipinski definition) is 1. The number of rotatable bonds is 7. The summed E-state index contributed by atoms with van der Waals surface area (Å²) in [6, 6.07) is 11.2. The van der Waals surface area contributed by atoms with Gasteiger partial charge in [0.1, 0.15) is 11.6 Å². The molecule has 0 saturated carbocycles. The second-order valence-electron chi connectivity index (χ2n) is 7.57. The van der Waals surface area contributed by atoms with E-state index in [4.69, 9.17) is 4.74 Å². The molecular formula is C23H28FN3O3. The molecule has 1 atom stereocenters. The van der Waals surface area contributed by atoms with Crippen LogP contribution in [0.3, 0.4) is 0 Å². The molecule has 1 amide bonds. The van der Waals surface area contributed by atoms with Gasteiger partial charge in [0.15, 0.2) is 5.78 Å². The lowest BCUT2D eigenvalue weighted by atomic mass is 10.1. The molecule has 1 N–H and O–H groups in total. The Labute approximate surface area is 176 Å². The molecular weight excluding hydrogens is 385 g/mol. The maximum Gasteiger partial charge on any atom is 0.241 e. The predicted octanol–water partition coefficient (Wildman–Crippen LogP) is 3.18. The maximum absolute atomic E-state index is 13.6. The minimum Gasteiger partial charge on any atom is -0.496 e. The van der Waals surface area contributed by atoms with Crippen LogP contribution < -0.4 is 10.1 Å². The molecule has 2 aromatic carbocycles. The normalized spacial score (nSPS) is 16.1. The number of halogens is 1. The minimum atomic E-state index is -0.275. The van der Waals surface area contributed by atoms with Crippen LogP contribution in [0.15, 0.2) is 42.5 Å². The smallest absolute Gasteiger partial charge is 0.241 e. The van der Waals surface area contributed by atoms with Gasteiger partial charge < -0.3 is 10.1 Å². The van der Waals surface area contributed by atoms with E-state index in [1.54, 1.807) is 37.4 Å². The van der Waals surface area contributed by atoms with Crippen molar-refractivity contribution in [3.63, 3.8) is 0 Å². The number of ketones is 1. The molecule has 2 aromatic rings. The van der Waals surface area contributed by atoms with Crippen molar-refractivity contribution in [1.29, 1.82) is 0 Å². The van der Waals surface area contributed by atoms with Crippen LogP contribution in [0.5, 0.6) is 5.75 Å². The summed E-state index contributed by atoms with van der Waals surface area (Å²) in [7, 11) is 1.59. The van der Waals surface area contributed by atoms with Crippen LogP contribution in [0.1, 0.15) is 29.8 Å². The van der Waals surface area contributed by atoms with Crippen LogP contribution in [0.4, 0.5) is 10.1 Å². The number of anilines is 1. The van der Waals surface area contributed by atoms with E-state index in [0.29, 0.717) is 23.5 Å². The molecule has 30 heavy (non-hydrogen) atoms. The summed E-state index contributed by atoms with van der Waals surface area (Å²) >= 11 is 0. The van der Waals surface area contributed by atoms with Crippen LogP contribution in [0.2, 0.25) is 0 Å². The fraction of sp³-hybridized carbons (Fsp3) is 0.391. The molecule has 0 aliphatic carbocycles. The van der Waals surface area contributed by atoms with Gasteiger partial charge in [0.05, 0.1) is 13.2 Å². The summed E-state index contributed by atoms with van der Waals surface area (Å²) in [6.07, 6.45) is 0. The Morgan fingerprint density at radius 3 is 2.37 bits per heavy atom. The summed E-state index contributed by atoms with van der Waals surface area (Å²) in [5.41, 5.74) is 2.12. The Balaban J connectivity index is 1.52. The number of nitrogens with zero attached hydrogens (tertiary/aromatic N) is 2. The Bertz CT molecular complexity index is 893. The average molecular weight is 413 g/mol. The molecule has 1 heterocycles. The third-order valence-electron chi connectivity index (χ3n) is 5.53. The first-order valence-corrected chi connectivity index (χ1v) is 10.1. The van der Waals surface area contributed by atoms with Gasteiger partial charge in [0, 0.05) is 49.5 Å². The molecule has 0 unspecified atom stereocenters. The molecule has 0 radical (unpaired) electrons. The lowest BCUT2D eigenvalue weighted by Crippen LogP contribution is -2.52. The zero-order valence-corrected chi connectivity index (χ0v) is 17.7. The topological polar surface area (TPSA) is 61.9 Å². The second kappa shape index (κ2) is 9.82. The van der Waals surface area contributed by atoms with E-state index in [9.17, 15) is 14.0 Å². The second-order valence-corrected chi connectivity index (χ2v) is 7.57. The first-order chi connectivity index (χ1) is 14.4. The summed E-state index contributed by atoms with van der Waals surface area (Å²) in [4.78, 5) is 28.4. The van der Waals surface area contributed by atoms with Crippen molar-refractivity contribution >= 4 is 17.4 Å². The number of amides is 1. The standard InChI is InChI=1S/C23H28FN3O3/c1-16(23(29)25-21-7-4-18(5-8-21)17(2)28)27-12-10-26(11-13-27)15-19-14-20(24)6-9-22(19)30-3/h4-9,14,16H,10-13,15H2,1-3H3,(H,25,29)/t16-/m0/s1. The molecule has 6 nitrogen and oxygen atoms in total. The highest BCUT2D eigenvalue weighted by Gasteiger charge is 2.26. The number of Topliss-reactive ketones (excluding diaryl/α,β-unsaturated/α-hetero) is 1. The van der Waals surface area contributed by atoms with Gasteiger partial charge in [0.25, 0.3) is 0 Å². The van der Waals surface area contributed by atoms with Crippen molar-refractivity contribution in [2.75, 3.05) is 38.6 Å². The fourth-order valence-corrected chi connectivity index (χ4v) is 3.62. The number of ether oxygens (including phenoxy) is 1. The third-order valence-corrected chi connectivity index (χ3v) is 5.53. The molecule has 3 rings (SSSR count). The zero-order chi connectivity index (χ0) is 21.7. The van der Waals surface area contributed by atoms with Gasteiger partial charge in [-0.2, -0.15) is 0 Å². The van der Waals surface area contributed by atoms with Gasteiger partial charge in [-0.3, -0.25) is 19.4 Å². The maximum atomic E-state index is 13.6. The van der Waals surface area contributed by atoms with Crippen molar-refractivity contribution in [3.8, 4) is 5.75 Å². The molecule has 1 aliphatic heterocycles. The van der Waals surface area contributed by atoms with E-state index < -0.39 is 0 Å². The van der Waals surface area contributed by atoms with Crippen molar-refractivity contribution in [1.82, 2.24) is 9.80 Å². The molecule has 160 valence electrons. The number of nitrogens with one attached hydrogen (secondary N) is 1. The Morgan fingerprint density at radius 2 is 1.77 bits per heavy atom. The van der Waals surface area contributed by atoms with Crippen LogP contribution in [0.25, 0.3) is 0 Å². The summed E-state index contributed by atoms with van der Waals surface area (Å²) in [6.45, 7) is 7.07. The van der Waals surface area contributed by atoms with Crippen molar-refractivity contribution < 1.29 is 18.7 Å². The number of carbonyl (C=O) groups excluding carboxylic acids is 2. The van der Waals surface area contributed by atoms with Gasteiger partial charge in [0.2, 0.25) is 5.91 Å². The first kappa shape index (κ1) is 21.9. The first-order valence-electron chi connectivity index (χ1n) is 10.1.